The molecule has 0 saturated heterocycles. The number of fused-ring (bicyclic) bond motifs is 1. The first-order valence-electron chi connectivity index (χ1n) is 6.09. The topological polar surface area (TPSA) is 70.3 Å². The molecule has 20 heavy (non-hydrogen) atoms. The highest BCUT2D eigenvalue weighted by Crippen LogP contribution is 2.33. The van der Waals surface area contributed by atoms with E-state index in [0.29, 0.717) is 11.6 Å². The molecule has 1 heterocycles. The van der Waals surface area contributed by atoms with Crippen LogP contribution in [0.25, 0.3) is 10.8 Å². The molecular weight excluding hydrogens is 254 g/mol. The third-order valence-corrected chi connectivity index (χ3v) is 2.96. The van der Waals surface area contributed by atoms with E-state index in [1.807, 2.05) is 42.5 Å². The summed E-state index contributed by atoms with van der Waals surface area (Å²) in [5, 5.41) is 2.08. The molecular formula is C15H13N3O2. The number of hydrogen-bond donors (Lipinski definition) is 1. The van der Waals surface area contributed by atoms with Gasteiger partial charge in [-0.1, -0.05) is 36.4 Å². The van der Waals surface area contributed by atoms with Gasteiger partial charge in [0.2, 0.25) is 11.8 Å². The van der Waals surface area contributed by atoms with E-state index in [9.17, 15) is 0 Å². The molecule has 2 aromatic carbocycles. The monoisotopic (exact) mass is 267 g/mol. The molecule has 0 amide bonds. The Bertz CT molecular complexity index is 754. The van der Waals surface area contributed by atoms with Crippen LogP contribution in [0.5, 0.6) is 17.5 Å². The number of nitrogens with zero attached hydrogens (tertiary/aromatic N) is 2. The molecule has 3 rings (SSSR count). The molecule has 2 N–H and O–H groups in total. The zero-order valence-corrected chi connectivity index (χ0v) is 10.9. The highest BCUT2D eigenvalue weighted by Gasteiger charge is 2.11. The molecule has 0 unspecified atom stereocenters. The van der Waals surface area contributed by atoms with Crippen molar-refractivity contribution < 1.29 is 9.47 Å². The number of rotatable bonds is 3. The Morgan fingerprint density at radius 3 is 2.55 bits per heavy atom. The van der Waals surface area contributed by atoms with Gasteiger partial charge in [0.05, 0.1) is 7.11 Å². The van der Waals surface area contributed by atoms with E-state index >= 15 is 0 Å². The van der Waals surface area contributed by atoms with Crippen LogP contribution in [0.1, 0.15) is 0 Å². The van der Waals surface area contributed by atoms with Crippen molar-refractivity contribution in [1.82, 2.24) is 9.97 Å². The van der Waals surface area contributed by atoms with Gasteiger partial charge in [0.15, 0.2) is 5.69 Å². The number of nitrogen functional groups attached to an aromatic ring is 1. The largest absolute Gasteiger partial charge is 0.479 e. The molecule has 0 aliphatic carbocycles. The summed E-state index contributed by atoms with van der Waals surface area (Å²) in [6, 6.07) is 13.8. The van der Waals surface area contributed by atoms with Crippen LogP contribution in [-0.2, 0) is 0 Å². The van der Waals surface area contributed by atoms with Crippen molar-refractivity contribution in [2.75, 3.05) is 12.8 Å². The summed E-state index contributed by atoms with van der Waals surface area (Å²) >= 11 is 0. The van der Waals surface area contributed by atoms with Crippen LogP contribution in [0, 0.1) is 0 Å². The molecule has 0 atom stereocenters. The number of ether oxygens (including phenoxy) is 2. The van der Waals surface area contributed by atoms with Gasteiger partial charge in [0.25, 0.3) is 0 Å². The van der Waals surface area contributed by atoms with Crippen molar-refractivity contribution in [2.24, 2.45) is 0 Å². The van der Waals surface area contributed by atoms with Gasteiger partial charge < -0.3 is 15.2 Å². The Kier molecular flexibility index (Phi) is 3.09. The third kappa shape index (κ3) is 2.09. The quantitative estimate of drug-likeness (QED) is 0.789. The molecule has 1 aromatic heterocycles. The van der Waals surface area contributed by atoms with Crippen LogP contribution in [-0.4, -0.2) is 17.1 Å². The Hall–Kier alpha value is -2.82. The lowest BCUT2D eigenvalue weighted by Gasteiger charge is -2.11. The molecule has 0 radical (unpaired) electrons. The second-order valence-electron chi connectivity index (χ2n) is 4.18. The molecule has 0 aliphatic heterocycles. The number of nitrogens with two attached hydrogens (primary N) is 1. The number of aromatic nitrogens is 2. The lowest BCUT2D eigenvalue weighted by molar-refractivity contribution is 0.392. The number of benzene rings is 2. The van der Waals surface area contributed by atoms with E-state index < -0.39 is 0 Å². The van der Waals surface area contributed by atoms with Gasteiger partial charge in [0.1, 0.15) is 12.1 Å². The van der Waals surface area contributed by atoms with Crippen LogP contribution in [0.3, 0.4) is 0 Å². The average molecular weight is 267 g/mol. The maximum atomic E-state index is 5.91. The van der Waals surface area contributed by atoms with Crippen molar-refractivity contribution in [3.63, 3.8) is 0 Å². The Morgan fingerprint density at radius 2 is 1.70 bits per heavy atom. The second kappa shape index (κ2) is 5.05. The van der Waals surface area contributed by atoms with Crippen LogP contribution in [0.4, 0.5) is 5.69 Å². The molecule has 100 valence electrons. The van der Waals surface area contributed by atoms with Crippen molar-refractivity contribution in [3.05, 3.63) is 48.8 Å². The van der Waals surface area contributed by atoms with Crippen LogP contribution >= 0.6 is 0 Å². The van der Waals surface area contributed by atoms with Gasteiger partial charge in [-0.3, -0.25) is 0 Å². The smallest absolute Gasteiger partial charge is 0.249 e. The first-order chi connectivity index (χ1) is 9.79. The van der Waals surface area contributed by atoms with Gasteiger partial charge in [-0.25, -0.2) is 0 Å². The van der Waals surface area contributed by atoms with Crippen molar-refractivity contribution >= 4 is 16.5 Å². The first-order valence-corrected chi connectivity index (χ1v) is 6.09. The minimum atomic E-state index is 0.280. The fourth-order valence-electron chi connectivity index (χ4n) is 2.00. The van der Waals surface area contributed by atoms with Crippen molar-refractivity contribution in [2.45, 2.75) is 0 Å². The lowest BCUT2D eigenvalue weighted by atomic mass is 10.1. The SMILES string of the molecule is COc1ncnc(Oc2cccc3ccccc23)c1N. The van der Waals surface area contributed by atoms with E-state index in [2.05, 4.69) is 9.97 Å². The zero-order chi connectivity index (χ0) is 13.9. The van der Waals surface area contributed by atoms with Gasteiger partial charge >= 0.3 is 0 Å². The summed E-state index contributed by atoms with van der Waals surface area (Å²) in [5.41, 5.74) is 6.19. The zero-order valence-electron chi connectivity index (χ0n) is 10.9. The minimum absolute atomic E-state index is 0.280. The van der Waals surface area contributed by atoms with Gasteiger partial charge in [-0.2, -0.15) is 9.97 Å². The molecule has 0 fully saturated rings. The summed E-state index contributed by atoms with van der Waals surface area (Å²) in [7, 11) is 1.50. The van der Waals surface area contributed by atoms with E-state index in [4.69, 9.17) is 15.2 Å². The number of anilines is 1. The maximum Gasteiger partial charge on any atom is 0.249 e. The van der Waals surface area contributed by atoms with Crippen LogP contribution in [0.2, 0.25) is 0 Å². The molecule has 3 aromatic rings. The maximum absolute atomic E-state index is 5.91. The van der Waals surface area contributed by atoms with Crippen molar-refractivity contribution in [3.8, 4) is 17.5 Å². The first kappa shape index (κ1) is 12.2. The van der Waals surface area contributed by atoms with Crippen LogP contribution in [0.15, 0.2) is 48.8 Å². The summed E-state index contributed by atoms with van der Waals surface area (Å²) in [6.07, 6.45) is 1.36. The summed E-state index contributed by atoms with van der Waals surface area (Å²) in [5.74, 6) is 1.28. The summed E-state index contributed by atoms with van der Waals surface area (Å²) < 4.78 is 10.9. The Balaban J connectivity index is 2.06. The lowest BCUT2D eigenvalue weighted by Crippen LogP contribution is -2.00. The fourth-order valence-corrected chi connectivity index (χ4v) is 2.00. The van der Waals surface area contributed by atoms with Gasteiger partial charge in [0, 0.05) is 5.39 Å². The van der Waals surface area contributed by atoms with Gasteiger partial charge in [-0.05, 0) is 11.5 Å². The van der Waals surface area contributed by atoms with E-state index in [-0.39, 0.29) is 11.6 Å². The second-order valence-corrected chi connectivity index (χ2v) is 4.18. The van der Waals surface area contributed by atoms with E-state index in [1.165, 1.54) is 13.4 Å². The molecule has 0 bridgehead atoms. The molecule has 5 nitrogen and oxygen atoms in total. The summed E-state index contributed by atoms with van der Waals surface area (Å²) in [6.45, 7) is 0. The summed E-state index contributed by atoms with van der Waals surface area (Å²) in [4.78, 5) is 7.97. The van der Waals surface area contributed by atoms with E-state index in [1.54, 1.807) is 0 Å². The highest BCUT2D eigenvalue weighted by atomic mass is 16.5. The number of methoxy groups -OCH3 is 1. The Labute approximate surface area is 116 Å². The van der Waals surface area contributed by atoms with Crippen molar-refractivity contribution in [1.29, 1.82) is 0 Å². The predicted octanol–water partition coefficient (Wildman–Crippen LogP) is 3.01. The van der Waals surface area contributed by atoms with Crippen LogP contribution < -0.4 is 15.2 Å². The predicted molar refractivity (Wildman–Crippen MR) is 77.0 cm³/mol. The standard InChI is InChI=1S/C15H13N3O2/c1-19-14-13(16)15(18-9-17-14)20-12-8-4-6-10-5-2-3-7-11(10)12/h2-9H,16H2,1H3. The third-order valence-electron chi connectivity index (χ3n) is 2.96. The molecule has 5 heteroatoms. The van der Waals surface area contributed by atoms with Gasteiger partial charge in [-0.15, -0.1) is 0 Å². The molecule has 0 aliphatic rings. The van der Waals surface area contributed by atoms with E-state index in [0.717, 1.165) is 10.8 Å². The molecule has 0 saturated carbocycles. The normalized spacial score (nSPS) is 10.4. The Morgan fingerprint density at radius 1 is 0.950 bits per heavy atom. The fraction of sp³-hybridized carbons (Fsp3) is 0.0667. The number of hydrogen-bond acceptors (Lipinski definition) is 5. The average Bonchev–Trinajstić information content (AvgIpc) is 2.50. The highest BCUT2D eigenvalue weighted by molar-refractivity contribution is 5.88. The minimum Gasteiger partial charge on any atom is -0.479 e. The molecule has 0 spiro atoms.